The number of carbonyl (C=O) groups is 2. The molecule has 186 valence electrons. The third-order valence-corrected chi connectivity index (χ3v) is 6.20. The van der Waals surface area contributed by atoms with Crippen LogP contribution in [0.25, 0.3) is 5.76 Å². The van der Waals surface area contributed by atoms with Gasteiger partial charge in [0.1, 0.15) is 23.1 Å². The number of hydrogen-bond acceptors (Lipinski definition) is 5. The quantitative estimate of drug-likeness (QED) is 0.251. The van der Waals surface area contributed by atoms with E-state index in [1.165, 1.54) is 30.2 Å². The van der Waals surface area contributed by atoms with E-state index in [9.17, 15) is 14.7 Å². The molecule has 0 bridgehead atoms. The molecule has 1 fully saturated rings. The summed E-state index contributed by atoms with van der Waals surface area (Å²) in [6.45, 7) is 6.34. The van der Waals surface area contributed by atoms with E-state index in [1.54, 1.807) is 48.5 Å². The minimum Gasteiger partial charge on any atom is -0.507 e. The van der Waals surface area contributed by atoms with Crippen LogP contribution in [0.2, 0.25) is 0 Å². The molecule has 0 aliphatic carbocycles. The van der Waals surface area contributed by atoms with E-state index in [2.05, 4.69) is 0 Å². The Labute approximate surface area is 209 Å². The third-order valence-electron chi connectivity index (χ3n) is 6.20. The summed E-state index contributed by atoms with van der Waals surface area (Å²) in [5.74, 6) is -1.40. The largest absolute Gasteiger partial charge is 0.507 e. The molecule has 1 heterocycles. The molecule has 7 heteroatoms. The lowest BCUT2D eigenvalue weighted by atomic mass is 9.93. The van der Waals surface area contributed by atoms with Crippen LogP contribution in [-0.4, -0.2) is 30.5 Å². The lowest BCUT2D eigenvalue weighted by molar-refractivity contribution is -0.132. The fourth-order valence-electron chi connectivity index (χ4n) is 4.42. The van der Waals surface area contributed by atoms with Crippen LogP contribution in [0.3, 0.4) is 0 Å². The first-order chi connectivity index (χ1) is 17.3. The van der Waals surface area contributed by atoms with Gasteiger partial charge in [0.25, 0.3) is 11.7 Å². The predicted molar refractivity (Wildman–Crippen MR) is 136 cm³/mol. The van der Waals surface area contributed by atoms with Gasteiger partial charge in [-0.1, -0.05) is 32.0 Å². The lowest BCUT2D eigenvalue weighted by Crippen LogP contribution is -2.29. The van der Waals surface area contributed by atoms with Gasteiger partial charge in [0.2, 0.25) is 0 Å². The van der Waals surface area contributed by atoms with Crippen molar-refractivity contribution in [3.05, 3.63) is 94.8 Å². The second kappa shape index (κ2) is 10.2. The number of benzene rings is 3. The van der Waals surface area contributed by atoms with Gasteiger partial charge >= 0.3 is 0 Å². The molecule has 0 saturated carbocycles. The molecular weight excluding hydrogens is 461 g/mol. The zero-order valence-electron chi connectivity index (χ0n) is 20.6. The van der Waals surface area contributed by atoms with Crippen molar-refractivity contribution in [2.24, 2.45) is 0 Å². The minimum absolute atomic E-state index is 0.0726. The number of amides is 1. The Hall–Kier alpha value is -4.13. The number of nitrogens with zero attached hydrogens (tertiary/aromatic N) is 1. The molecule has 1 amide bonds. The molecule has 1 N–H and O–H groups in total. The Kier molecular flexibility index (Phi) is 7.10. The SMILES string of the molecule is CCOc1ccc(/C(O)=C2\C(=O)C(=O)N(c3ccc(OC)cc3)C2c2ccccc2F)cc1C(C)C. The summed E-state index contributed by atoms with van der Waals surface area (Å²) < 4.78 is 26.0. The molecule has 3 aromatic carbocycles. The molecule has 3 aromatic rings. The summed E-state index contributed by atoms with van der Waals surface area (Å²) in [5, 5.41) is 11.4. The number of hydrogen-bond donors (Lipinski definition) is 1. The Bertz CT molecular complexity index is 1330. The Morgan fingerprint density at radius 1 is 1.06 bits per heavy atom. The highest BCUT2D eigenvalue weighted by atomic mass is 19.1. The standard InChI is InChI=1S/C29H28FNO5/c1-5-36-24-15-10-18(16-22(24)17(2)3)27(32)25-26(21-8-6-7-9-23(21)30)31(29(34)28(25)33)19-11-13-20(35-4)14-12-19/h6-17,26,32H,5H2,1-4H3/b27-25+. The summed E-state index contributed by atoms with van der Waals surface area (Å²) in [4.78, 5) is 27.8. The highest BCUT2D eigenvalue weighted by Crippen LogP contribution is 2.43. The first-order valence-corrected chi connectivity index (χ1v) is 11.7. The van der Waals surface area contributed by atoms with Gasteiger partial charge < -0.3 is 14.6 Å². The fraction of sp³-hybridized carbons (Fsp3) is 0.241. The maximum Gasteiger partial charge on any atom is 0.300 e. The minimum atomic E-state index is -1.16. The van der Waals surface area contributed by atoms with Crippen molar-refractivity contribution in [2.75, 3.05) is 18.6 Å². The third kappa shape index (κ3) is 4.44. The molecule has 0 aromatic heterocycles. The van der Waals surface area contributed by atoms with Crippen LogP contribution in [0.5, 0.6) is 11.5 Å². The zero-order chi connectivity index (χ0) is 26.0. The monoisotopic (exact) mass is 489 g/mol. The number of aliphatic hydroxyl groups is 1. The number of rotatable bonds is 7. The van der Waals surface area contributed by atoms with Crippen molar-refractivity contribution in [1.29, 1.82) is 0 Å². The van der Waals surface area contributed by atoms with Crippen molar-refractivity contribution >= 4 is 23.1 Å². The lowest BCUT2D eigenvalue weighted by Gasteiger charge is -2.26. The van der Waals surface area contributed by atoms with E-state index in [1.807, 2.05) is 20.8 Å². The molecule has 4 rings (SSSR count). The molecule has 36 heavy (non-hydrogen) atoms. The number of ketones is 1. The summed E-state index contributed by atoms with van der Waals surface area (Å²) >= 11 is 0. The van der Waals surface area contributed by atoms with E-state index in [0.29, 0.717) is 29.4 Å². The first kappa shape index (κ1) is 25.0. The van der Waals surface area contributed by atoms with Gasteiger partial charge in [0.05, 0.1) is 25.3 Å². The van der Waals surface area contributed by atoms with Gasteiger partial charge in [0, 0.05) is 16.8 Å². The predicted octanol–water partition coefficient (Wildman–Crippen LogP) is 5.98. The average Bonchev–Trinajstić information content (AvgIpc) is 3.14. The van der Waals surface area contributed by atoms with Crippen LogP contribution in [0.4, 0.5) is 10.1 Å². The van der Waals surface area contributed by atoms with Crippen LogP contribution < -0.4 is 14.4 Å². The van der Waals surface area contributed by atoms with E-state index >= 15 is 4.39 Å². The smallest absolute Gasteiger partial charge is 0.300 e. The first-order valence-electron chi connectivity index (χ1n) is 11.7. The number of halogens is 1. The molecule has 6 nitrogen and oxygen atoms in total. The Morgan fingerprint density at radius 2 is 1.75 bits per heavy atom. The van der Waals surface area contributed by atoms with E-state index in [-0.39, 0.29) is 22.8 Å². The second-order valence-electron chi connectivity index (χ2n) is 8.73. The maximum atomic E-state index is 15.1. The van der Waals surface area contributed by atoms with Gasteiger partial charge in [0.15, 0.2) is 0 Å². The van der Waals surface area contributed by atoms with Gasteiger partial charge in [-0.25, -0.2) is 4.39 Å². The van der Waals surface area contributed by atoms with Crippen molar-refractivity contribution in [3.8, 4) is 11.5 Å². The van der Waals surface area contributed by atoms with Gasteiger partial charge in [-0.2, -0.15) is 0 Å². The van der Waals surface area contributed by atoms with Crippen molar-refractivity contribution in [3.63, 3.8) is 0 Å². The van der Waals surface area contributed by atoms with Crippen LogP contribution in [0, 0.1) is 5.82 Å². The maximum absolute atomic E-state index is 15.1. The fourth-order valence-corrected chi connectivity index (χ4v) is 4.42. The topological polar surface area (TPSA) is 76.1 Å². The van der Waals surface area contributed by atoms with E-state index in [4.69, 9.17) is 9.47 Å². The Balaban J connectivity index is 1.93. The molecule has 0 radical (unpaired) electrons. The highest BCUT2D eigenvalue weighted by molar-refractivity contribution is 6.51. The summed E-state index contributed by atoms with van der Waals surface area (Å²) in [6, 6.07) is 16.4. The Morgan fingerprint density at radius 3 is 2.36 bits per heavy atom. The summed E-state index contributed by atoms with van der Waals surface area (Å²) in [7, 11) is 1.52. The number of methoxy groups -OCH3 is 1. The van der Waals surface area contributed by atoms with Crippen LogP contribution in [-0.2, 0) is 9.59 Å². The van der Waals surface area contributed by atoms with Crippen molar-refractivity contribution < 1.29 is 28.6 Å². The van der Waals surface area contributed by atoms with Crippen molar-refractivity contribution in [2.45, 2.75) is 32.7 Å². The van der Waals surface area contributed by atoms with Crippen LogP contribution >= 0.6 is 0 Å². The van der Waals surface area contributed by atoms with E-state index < -0.39 is 23.5 Å². The molecular formula is C29H28FNO5. The van der Waals surface area contributed by atoms with Gasteiger partial charge in [-0.05, 0) is 66.9 Å². The molecule has 1 atom stereocenters. The second-order valence-corrected chi connectivity index (χ2v) is 8.73. The highest BCUT2D eigenvalue weighted by Gasteiger charge is 2.47. The molecule has 0 spiro atoms. The van der Waals surface area contributed by atoms with Crippen LogP contribution in [0.15, 0.2) is 72.3 Å². The number of carbonyl (C=O) groups excluding carboxylic acids is 2. The molecule has 1 saturated heterocycles. The normalized spacial score (nSPS) is 17.1. The van der Waals surface area contributed by atoms with Gasteiger partial charge in [-0.3, -0.25) is 14.5 Å². The summed E-state index contributed by atoms with van der Waals surface area (Å²) in [5.41, 5.74) is 1.48. The number of ether oxygens (including phenoxy) is 2. The van der Waals surface area contributed by atoms with E-state index in [0.717, 1.165) is 5.56 Å². The zero-order valence-corrected chi connectivity index (χ0v) is 20.6. The average molecular weight is 490 g/mol. The molecule has 1 aliphatic rings. The number of Topliss-reactive ketones (excluding diaryl/α,β-unsaturated/α-hetero) is 1. The van der Waals surface area contributed by atoms with Crippen molar-refractivity contribution in [1.82, 2.24) is 0 Å². The number of aliphatic hydroxyl groups excluding tert-OH is 1. The molecule has 1 aliphatic heterocycles. The number of anilines is 1. The van der Waals surface area contributed by atoms with Gasteiger partial charge in [-0.15, -0.1) is 0 Å². The van der Waals surface area contributed by atoms with Crippen LogP contribution in [0.1, 0.15) is 49.4 Å². The summed E-state index contributed by atoms with van der Waals surface area (Å²) in [6.07, 6.45) is 0. The molecule has 1 unspecified atom stereocenters.